The highest BCUT2D eigenvalue weighted by atomic mass is 35.5. The van der Waals surface area contributed by atoms with Gasteiger partial charge in [0.15, 0.2) is 0 Å². The Labute approximate surface area is 91.3 Å². The second kappa shape index (κ2) is 5.63. The minimum absolute atomic E-state index is 0.125. The zero-order valence-electron chi connectivity index (χ0n) is 7.42. The highest BCUT2D eigenvalue weighted by molar-refractivity contribution is 7.17. The number of thiophene rings is 1. The lowest BCUT2D eigenvalue weighted by Gasteiger charge is -1.99. The molecule has 0 saturated carbocycles. The predicted molar refractivity (Wildman–Crippen MR) is 56.5 cm³/mol. The molecular formula is C9H9ClN2OS. The summed E-state index contributed by atoms with van der Waals surface area (Å²) in [5.74, 6) is -0.125. The molecule has 1 N–H and O–H groups in total. The molecule has 1 rings (SSSR count). The summed E-state index contributed by atoms with van der Waals surface area (Å²) in [7, 11) is 0. The van der Waals surface area contributed by atoms with Gasteiger partial charge in [-0.25, -0.2) is 0 Å². The number of hydrogen-bond acceptors (Lipinski definition) is 3. The summed E-state index contributed by atoms with van der Waals surface area (Å²) >= 11 is 6.93. The van der Waals surface area contributed by atoms with Gasteiger partial charge in [-0.3, -0.25) is 4.79 Å². The Bertz CT molecular complexity index is 356. The van der Waals surface area contributed by atoms with Gasteiger partial charge in [-0.05, 0) is 18.6 Å². The average molecular weight is 229 g/mol. The monoisotopic (exact) mass is 228 g/mol. The molecule has 14 heavy (non-hydrogen) atoms. The molecule has 1 aromatic rings. The van der Waals surface area contributed by atoms with E-state index in [-0.39, 0.29) is 5.91 Å². The molecule has 0 aromatic carbocycles. The summed E-state index contributed by atoms with van der Waals surface area (Å²) in [6.07, 6.45) is 1.15. The molecule has 0 aliphatic heterocycles. The number of halogens is 1. The summed E-state index contributed by atoms with van der Waals surface area (Å²) in [5.41, 5.74) is 0. The number of amides is 1. The Balaban J connectivity index is 2.33. The highest BCUT2D eigenvalue weighted by Crippen LogP contribution is 2.20. The van der Waals surface area contributed by atoms with Gasteiger partial charge in [0, 0.05) is 13.0 Å². The molecule has 3 nitrogen and oxygen atoms in total. The topological polar surface area (TPSA) is 52.9 Å². The molecule has 1 heterocycles. The van der Waals surface area contributed by atoms with E-state index in [9.17, 15) is 4.79 Å². The van der Waals surface area contributed by atoms with Crippen LogP contribution in [0.1, 0.15) is 22.5 Å². The van der Waals surface area contributed by atoms with Crippen molar-refractivity contribution in [3.63, 3.8) is 0 Å². The van der Waals surface area contributed by atoms with Crippen molar-refractivity contribution in [3.8, 4) is 6.07 Å². The van der Waals surface area contributed by atoms with Crippen molar-refractivity contribution < 1.29 is 4.79 Å². The second-order valence-electron chi connectivity index (χ2n) is 2.62. The quantitative estimate of drug-likeness (QED) is 0.805. The molecular weight excluding hydrogens is 220 g/mol. The van der Waals surface area contributed by atoms with Gasteiger partial charge in [-0.15, -0.1) is 11.3 Å². The maximum Gasteiger partial charge on any atom is 0.261 e. The summed E-state index contributed by atoms with van der Waals surface area (Å²) in [6, 6.07) is 5.39. The molecule has 0 aliphatic carbocycles. The fourth-order valence-electron chi connectivity index (χ4n) is 0.893. The van der Waals surface area contributed by atoms with E-state index in [1.54, 1.807) is 12.1 Å². The van der Waals surface area contributed by atoms with Crippen molar-refractivity contribution in [3.05, 3.63) is 21.3 Å². The standard InChI is InChI=1S/C9H9ClN2OS/c10-8-4-3-7(14-8)9(13)12-6-2-1-5-11/h3-4H,1-2,6H2,(H,12,13). The lowest BCUT2D eigenvalue weighted by Crippen LogP contribution is -2.23. The molecule has 0 unspecified atom stereocenters. The van der Waals surface area contributed by atoms with Crippen LogP contribution in [0, 0.1) is 11.3 Å². The second-order valence-corrected chi connectivity index (χ2v) is 4.34. The van der Waals surface area contributed by atoms with Crippen LogP contribution in [0.15, 0.2) is 12.1 Å². The van der Waals surface area contributed by atoms with E-state index >= 15 is 0 Å². The predicted octanol–water partition coefficient (Wildman–Crippen LogP) is 2.44. The number of nitrogens with one attached hydrogen (secondary N) is 1. The zero-order valence-corrected chi connectivity index (χ0v) is 8.99. The van der Waals surface area contributed by atoms with E-state index in [1.807, 2.05) is 6.07 Å². The summed E-state index contributed by atoms with van der Waals surface area (Å²) < 4.78 is 0.604. The lowest BCUT2D eigenvalue weighted by atomic mass is 10.3. The van der Waals surface area contributed by atoms with E-state index in [1.165, 1.54) is 11.3 Å². The molecule has 0 atom stereocenters. The molecule has 5 heteroatoms. The van der Waals surface area contributed by atoms with Gasteiger partial charge in [-0.1, -0.05) is 11.6 Å². The van der Waals surface area contributed by atoms with Gasteiger partial charge in [-0.2, -0.15) is 5.26 Å². The van der Waals surface area contributed by atoms with Gasteiger partial charge < -0.3 is 5.32 Å². The van der Waals surface area contributed by atoms with Crippen molar-refractivity contribution in [2.45, 2.75) is 12.8 Å². The molecule has 1 amide bonds. The molecule has 0 spiro atoms. The molecule has 0 radical (unpaired) electrons. The van der Waals surface area contributed by atoms with Gasteiger partial charge >= 0.3 is 0 Å². The Morgan fingerprint density at radius 2 is 2.43 bits per heavy atom. The Morgan fingerprint density at radius 1 is 1.64 bits per heavy atom. The maximum atomic E-state index is 11.4. The first-order valence-electron chi connectivity index (χ1n) is 4.14. The lowest BCUT2D eigenvalue weighted by molar-refractivity contribution is 0.0957. The first-order chi connectivity index (χ1) is 6.74. The number of carbonyl (C=O) groups excluding carboxylic acids is 1. The van der Waals surface area contributed by atoms with Crippen molar-refractivity contribution in [2.75, 3.05) is 6.54 Å². The highest BCUT2D eigenvalue weighted by Gasteiger charge is 2.06. The van der Waals surface area contributed by atoms with Crippen LogP contribution in [-0.4, -0.2) is 12.5 Å². The van der Waals surface area contributed by atoms with E-state index in [4.69, 9.17) is 16.9 Å². The Kier molecular flexibility index (Phi) is 4.44. The van der Waals surface area contributed by atoms with E-state index in [0.29, 0.717) is 28.6 Å². The minimum Gasteiger partial charge on any atom is -0.351 e. The first-order valence-corrected chi connectivity index (χ1v) is 5.34. The fourth-order valence-corrected chi connectivity index (χ4v) is 1.85. The van der Waals surface area contributed by atoms with Gasteiger partial charge in [0.2, 0.25) is 0 Å². The van der Waals surface area contributed by atoms with Crippen LogP contribution in [0.4, 0.5) is 0 Å². The number of nitriles is 1. The van der Waals surface area contributed by atoms with Gasteiger partial charge in [0.05, 0.1) is 15.3 Å². The van der Waals surface area contributed by atoms with Crippen LogP contribution in [0.3, 0.4) is 0 Å². The van der Waals surface area contributed by atoms with Crippen molar-refractivity contribution in [1.29, 1.82) is 5.26 Å². The van der Waals surface area contributed by atoms with Crippen LogP contribution < -0.4 is 5.32 Å². The smallest absolute Gasteiger partial charge is 0.261 e. The van der Waals surface area contributed by atoms with E-state index in [0.717, 1.165) is 0 Å². The van der Waals surface area contributed by atoms with Crippen LogP contribution >= 0.6 is 22.9 Å². The van der Waals surface area contributed by atoms with Crippen LogP contribution in [0.5, 0.6) is 0 Å². The molecule has 0 saturated heterocycles. The third kappa shape index (κ3) is 3.36. The fraction of sp³-hybridized carbons (Fsp3) is 0.333. The third-order valence-corrected chi connectivity index (χ3v) is 2.78. The number of carbonyl (C=O) groups is 1. The molecule has 1 aromatic heterocycles. The summed E-state index contributed by atoms with van der Waals surface area (Å²) in [6.45, 7) is 0.530. The molecule has 0 fully saturated rings. The Morgan fingerprint density at radius 3 is 3.00 bits per heavy atom. The third-order valence-electron chi connectivity index (χ3n) is 1.55. The number of rotatable bonds is 4. The molecule has 74 valence electrons. The normalized spacial score (nSPS) is 9.43. The average Bonchev–Trinajstić information content (AvgIpc) is 2.59. The number of hydrogen-bond donors (Lipinski definition) is 1. The summed E-state index contributed by atoms with van der Waals surface area (Å²) in [5, 5.41) is 11.0. The van der Waals surface area contributed by atoms with Gasteiger partial charge in [0.25, 0.3) is 5.91 Å². The maximum absolute atomic E-state index is 11.4. The Hall–Kier alpha value is -1.05. The number of unbranched alkanes of at least 4 members (excludes halogenated alkanes) is 1. The largest absolute Gasteiger partial charge is 0.351 e. The SMILES string of the molecule is N#CCCCNC(=O)c1ccc(Cl)s1. The molecule has 0 aliphatic rings. The first kappa shape index (κ1) is 11.0. The van der Waals surface area contributed by atoms with Crippen molar-refractivity contribution >= 4 is 28.8 Å². The van der Waals surface area contributed by atoms with Gasteiger partial charge in [0.1, 0.15) is 0 Å². The summed E-state index contributed by atoms with van der Waals surface area (Å²) in [4.78, 5) is 12.0. The number of nitrogens with zero attached hydrogens (tertiary/aromatic N) is 1. The molecule has 0 bridgehead atoms. The van der Waals surface area contributed by atoms with E-state index in [2.05, 4.69) is 5.32 Å². The van der Waals surface area contributed by atoms with Crippen LogP contribution in [0.25, 0.3) is 0 Å². The van der Waals surface area contributed by atoms with E-state index < -0.39 is 0 Å². The van der Waals surface area contributed by atoms with Crippen LogP contribution in [-0.2, 0) is 0 Å². The van der Waals surface area contributed by atoms with Crippen molar-refractivity contribution in [1.82, 2.24) is 5.32 Å². The van der Waals surface area contributed by atoms with Crippen molar-refractivity contribution in [2.24, 2.45) is 0 Å². The van der Waals surface area contributed by atoms with Crippen LogP contribution in [0.2, 0.25) is 4.34 Å². The zero-order chi connectivity index (χ0) is 10.4. The minimum atomic E-state index is -0.125.